The summed E-state index contributed by atoms with van der Waals surface area (Å²) in [7, 11) is 0. The summed E-state index contributed by atoms with van der Waals surface area (Å²) in [6, 6.07) is 13.8. The SMILES string of the molecule is CSc1ccc(Oc2c(C)c(CC(=O)O)cc3ccc(F)cc23)cc1. The first-order valence-corrected chi connectivity index (χ1v) is 8.96. The zero-order valence-corrected chi connectivity index (χ0v) is 14.7. The van der Waals surface area contributed by atoms with Crippen molar-refractivity contribution in [3.8, 4) is 11.5 Å². The molecule has 3 rings (SSSR count). The van der Waals surface area contributed by atoms with Crippen molar-refractivity contribution in [2.45, 2.75) is 18.2 Å². The summed E-state index contributed by atoms with van der Waals surface area (Å²) in [5.74, 6) is -0.163. The summed E-state index contributed by atoms with van der Waals surface area (Å²) in [4.78, 5) is 12.3. The van der Waals surface area contributed by atoms with Crippen LogP contribution in [0.4, 0.5) is 4.39 Å². The molecule has 3 nitrogen and oxygen atoms in total. The number of carboxylic acid groups (broad SMARTS) is 1. The molecule has 0 unspecified atom stereocenters. The van der Waals surface area contributed by atoms with Crippen LogP contribution in [0, 0.1) is 12.7 Å². The number of benzene rings is 3. The molecule has 0 amide bonds. The Labute approximate surface area is 149 Å². The minimum Gasteiger partial charge on any atom is -0.481 e. The second-order valence-corrected chi connectivity index (χ2v) is 6.58. The van der Waals surface area contributed by atoms with Crippen LogP contribution in [0.5, 0.6) is 11.5 Å². The maximum Gasteiger partial charge on any atom is 0.307 e. The molecule has 128 valence electrons. The Hall–Kier alpha value is -2.53. The molecule has 0 spiro atoms. The van der Waals surface area contributed by atoms with Crippen molar-refractivity contribution in [1.29, 1.82) is 0 Å². The number of halogens is 1. The van der Waals surface area contributed by atoms with Crippen LogP contribution in [0.25, 0.3) is 10.8 Å². The van der Waals surface area contributed by atoms with Gasteiger partial charge in [-0.3, -0.25) is 4.79 Å². The highest BCUT2D eigenvalue weighted by atomic mass is 32.2. The van der Waals surface area contributed by atoms with Crippen LogP contribution < -0.4 is 4.74 Å². The zero-order valence-electron chi connectivity index (χ0n) is 13.9. The summed E-state index contributed by atoms with van der Waals surface area (Å²) in [5, 5.41) is 10.5. The second-order valence-electron chi connectivity index (χ2n) is 5.70. The van der Waals surface area contributed by atoms with E-state index in [0.717, 1.165) is 10.3 Å². The number of carbonyl (C=O) groups is 1. The normalized spacial score (nSPS) is 10.8. The molecular formula is C20H17FO3S. The number of hydrogen-bond acceptors (Lipinski definition) is 3. The minimum atomic E-state index is -0.917. The summed E-state index contributed by atoms with van der Waals surface area (Å²) >= 11 is 1.63. The van der Waals surface area contributed by atoms with Crippen molar-refractivity contribution in [2.75, 3.05) is 6.26 Å². The second kappa shape index (κ2) is 7.15. The van der Waals surface area contributed by atoms with Crippen LogP contribution in [0.1, 0.15) is 11.1 Å². The fourth-order valence-corrected chi connectivity index (χ4v) is 3.14. The van der Waals surface area contributed by atoms with Crippen molar-refractivity contribution >= 4 is 28.5 Å². The molecule has 0 atom stereocenters. The fraction of sp³-hybridized carbons (Fsp3) is 0.150. The third kappa shape index (κ3) is 3.77. The van der Waals surface area contributed by atoms with E-state index >= 15 is 0 Å². The standard InChI is InChI=1S/C20H17FO3S/c1-12-14(10-19(22)23)9-13-3-4-15(21)11-18(13)20(12)24-16-5-7-17(25-2)8-6-16/h3-9,11H,10H2,1-2H3,(H,22,23). The minimum absolute atomic E-state index is 0.110. The highest BCUT2D eigenvalue weighted by Gasteiger charge is 2.15. The van der Waals surface area contributed by atoms with Gasteiger partial charge in [0.05, 0.1) is 6.42 Å². The molecule has 0 saturated carbocycles. The zero-order chi connectivity index (χ0) is 18.0. The maximum absolute atomic E-state index is 13.7. The summed E-state index contributed by atoms with van der Waals surface area (Å²) in [6.45, 7) is 1.80. The van der Waals surface area contributed by atoms with Crippen molar-refractivity contribution in [2.24, 2.45) is 0 Å². The number of rotatable bonds is 5. The molecule has 0 aliphatic rings. The molecule has 0 aromatic heterocycles. The largest absolute Gasteiger partial charge is 0.481 e. The molecule has 0 aliphatic heterocycles. The monoisotopic (exact) mass is 356 g/mol. The van der Waals surface area contributed by atoms with Crippen molar-refractivity contribution < 1.29 is 19.0 Å². The molecule has 0 bridgehead atoms. The number of ether oxygens (including phenoxy) is 1. The summed E-state index contributed by atoms with van der Waals surface area (Å²) in [5.41, 5.74) is 1.36. The van der Waals surface area contributed by atoms with Gasteiger partial charge in [-0.1, -0.05) is 12.1 Å². The first kappa shape index (κ1) is 17.3. The van der Waals surface area contributed by atoms with Crippen LogP contribution in [0.3, 0.4) is 0 Å². The van der Waals surface area contributed by atoms with Gasteiger partial charge in [-0.25, -0.2) is 4.39 Å². The van der Waals surface area contributed by atoms with Gasteiger partial charge in [0.25, 0.3) is 0 Å². The average molecular weight is 356 g/mol. The molecule has 0 aliphatic carbocycles. The van der Waals surface area contributed by atoms with Gasteiger partial charge in [0.2, 0.25) is 0 Å². The molecule has 0 heterocycles. The van der Waals surface area contributed by atoms with E-state index in [1.54, 1.807) is 30.8 Å². The van der Waals surface area contributed by atoms with E-state index in [1.165, 1.54) is 12.1 Å². The van der Waals surface area contributed by atoms with E-state index in [0.29, 0.717) is 28.0 Å². The maximum atomic E-state index is 13.7. The van der Waals surface area contributed by atoms with E-state index in [9.17, 15) is 9.18 Å². The summed E-state index contributed by atoms with van der Waals surface area (Å²) < 4.78 is 19.8. The van der Waals surface area contributed by atoms with E-state index in [2.05, 4.69) is 0 Å². The summed E-state index contributed by atoms with van der Waals surface area (Å²) in [6.07, 6.45) is 1.88. The Morgan fingerprint density at radius 1 is 1.16 bits per heavy atom. The highest BCUT2D eigenvalue weighted by molar-refractivity contribution is 7.98. The fourth-order valence-electron chi connectivity index (χ4n) is 2.73. The molecular weight excluding hydrogens is 339 g/mol. The lowest BCUT2D eigenvalue weighted by molar-refractivity contribution is -0.136. The van der Waals surface area contributed by atoms with Crippen LogP contribution in [0.2, 0.25) is 0 Å². The van der Waals surface area contributed by atoms with Gasteiger partial charge < -0.3 is 9.84 Å². The number of hydrogen-bond donors (Lipinski definition) is 1. The lowest BCUT2D eigenvalue weighted by Crippen LogP contribution is -2.03. The van der Waals surface area contributed by atoms with E-state index in [-0.39, 0.29) is 12.2 Å². The predicted molar refractivity (Wildman–Crippen MR) is 98.3 cm³/mol. The molecule has 3 aromatic rings. The van der Waals surface area contributed by atoms with Gasteiger partial charge in [0, 0.05) is 10.3 Å². The Bertz CT molecular complexity index is 936. The van der Waals surface area contributed by atoms with Gasteiger partial charge in [-0.15, -0.1) is 11.8 Å². The van der Waals surface area contributed by atoms with E-state index < -0.39 is 5.97 Å². The lowest BCUT2D eigenvalue weighted by Gasteiger charge is -2.16. The molecule has 5 heteroatoms. The number of thioether (sulfide) groups is 1. The van der Waals surface area contributed by atoms with Crippen molar-refractivity contribution in [3.63, 3.8) is 0 Å². The van der Waals surface area contributed by atoms with Gasteiger partial charge in [-0.05, 0) is 66.1 Å². The topological polar surface area (TPSA) is 46.5 Å². The van der Waals surface area contributed by atoms with Gasteiger partial charge in [-0.2, -0.15) is 0 Å². The van der Waals surface area contributed by atoms with E-state index in [4.69, 9.17) is 9.84 Å². The number of carboxylic acids is 1. The molecule has 0 radical (unpaired) electrons. The quantitative estimate of drug-likeness (QED) is 0.619. The third-order valence-corrected chi connectivity index (χ3v) is 4.78. The number of fused-ring (bicyclic) bond motifs is 1. The smallest absolute Gasteiger partial charge is 0.307 e. The molecule has 1 N–H and O–H groups in total. The highest BCUT2D eigenvalue weighted by Crippen LogP contribution is 2.36. The van der Waals surface area contributed by atoms with Gasteiger partial charge in [0.15, 0.2) is 0 Å². The van der Waals surface area contributed by atoms with Gasteiger partial charge in [0.1, 0.15) is 17.3 Å². The first-order valence-electron chi connectivity index (χ1n) is 7.73. The van der Waals surface area contributed by atoms with Gasteiger partial charge >= 0.3 is 5.97 Å². The first-order chi connectivity index (χ1) is 12.0. The van der Waals surface area contributed by atoms with Crippen LogP contribution in [0.15, 0.2) is 53.4 Å². The Balaban J connectivity index is 2.13. The molecule has 0 fully saturated rings. The molecule has 3 aromatic carbocycles. The molecule has 0 saturated heterocycles. The van der Waals surface area contributed by atoms with Crippen LogP contribution in [-0.4, -0.2) is 17.3 Å². The predicted octanol–water partition coefficient (Wildman–Crippen LogP) is 5.43. The average Bonchev–Trinajstić information content (AvgIpc) is 2.59. The van der Waals surface area contributed by atoms with E-state index in [1.807, 2.05) is 30.5 Å². The van der Waals surface area contributed by atoms with Crippen molar-refractivity contribution in [3.05, 3.63) is 65.5 Å². The van der Waals surface area contributed by atoms with Crippen LogP contribution >= 0.6 is 11.8 Å². The Morgan fingerprint density at radius 2 is 1.88 bits per heavy atom. The Morgan fingerprint density at radius 3 is 2.52 bits per heavy atom. The lowest BCUT2D eigenvalue weighted by atomic mass is 9.98. The third-order valence-electron chi connectivity index (χ3n) is 4.03. The number of aliphatic carboxylic acids is 1. The van der Waals surface area contributed by atoms with Crippen molar-refractivity contribution in [1.82, 2.24) is 0 Å². The molecule has 25 heavy (non-hydrogen) atoms. The Kier molecular flexibility index (Phi) is 4.95. The van der Waals surface area contributed by atoms with Crippen LogP contribution in [-0.2, 0) is 11.2 Å².